The molecule has 0 aliphatic carbocycles. The fourth-order valence-electron chi connectivity index (χ4n) is 2.04. The van der Waals surface area contributed by atoms with Gasteiger partial charge in [0.1, 0.15) is 0 Å². The van der Waals surface area contributed by atoms with Crippen molar-refractivity contribution < 1.29 is 9.63 Å². The number of nitrogens with one attached hydrogen (secondary N) is 1. The van der Waals surface area contributed by atoms with Crippen LogP contribution in [0.3, 0.4) is 0 Å². The van der Waals surface area contributed by atoms with E-state index >= 15 is 0 Å². The first-order chi connectivity index (χ1) is 10.7. The predicted octanol–water partition coefficient (Wildman–Crippen LogP) is 3.54. The second kappa shape index (κ2) is 6.60. The maximum atomic E-state index is 10.2. The fraction of sp³-hybridized carbons (Fsp3) is 0.125. The Labute approximate surface area is 132 Å². The zero-order valence-electron chi connectivity index (χ0n) is 11.6. The summed E-state index contributed by atoms with van der Waals surface area (Å²) in [6.07, 6.45) is -0.757. The smallest absolute Gasteiger partial charge is 0.263 e. The maximum Gasteiger partial charge on any atom is 0.263 e. The number of aromatic nitrogens is 2. The molecule has 3 rings (SSSR count). The highest BCUT2D eigenvalue weighted by molar-refractivity contribution is 6.31. The summed E-state index contributed by atoms with van der Waals surface area (Å²) in [5.41, 5.74) is 1.50. The van der Waals surface area contributed by atoms with Gasteiger partial charge >= 0.3 is 0 Å². The number of benzene rings is 2. The summed E-state index contributed by atoms with van der Waals surface area (Å²) < 4.78 is 5.18. The quantitative estimate of drug-likeness (QED) is 0.753. The summed E-state index contributed by atoms with van der Waals surface area (Å²) >= 11 is 6.05. The SMILES string of the molecule is OC(CNc1noc(-c2ccccc2)n1)c1ccccc1Cl. The standard InChI is InChI=1S/C16H14ClN3O2/c17-13-9-5-4-8-12(13)14(21)10-18-16-19-15(22-20-16)11-6-2-1-3-7-11/h1-9,14,21H,10H2,(H,18,20). The summed E-state index contributed by atoms with van der Waals surface area (Å²) in [4.78, 5) is 4.24. The average molecular weight is 316 g/mol. The summed E-state index contributed by atoms with van der Waals surface area (Å²) in [5, 5.41) is 17.5. The van der Waals surface area contributed by atoms with Crippen LogP contribution in [0.4, 0.5) is 5.95 Å². The van der Waals surface area contributed by atoms with E-state index in [1.807, 2.05) is 42.5 Å². The lowest BCUT2D eigenvalue weighted by Crippen LogP contribution is -2.13. The van der Waals surface area contributed by atoms with Crippen molar-refractivity contribution in [1.29, 1.82) is 0 Å². The van der Waals surface area contributed by atoms with E-state index < -0.39 is 6.10 Å². The molecule has 6 heteroatoms. The van der Waals surface area contributed by atoms with E-state index in [1.165, 1.54) is 0 Å². The summed E-state index contributed by atoms with van der Waals surface area (Å²) in [7, 11) is 0. The van der Waals surface area contributed by atoms with E-state index in [0.717, 1.165) is 5.56 Å². The normalized spacial score (nSPS) is 12.1. The molecule has 0 amide bonds. The van der Waals surface area contributed by atoms with Crippen LogP contribution in [0.1, 0.15) is 11.7 Å². The molecule has 1 aromatic heterocycles. The number of hydrogen-bond donors (Lipinski definition) is 2. The van der Waals surface area contributed by atoms with E-state index in [9.17, 15) is 5.11 Å². The molecule has 2 N–H and O–H groups in total. The van der Waals surface area contributed by atoms with Crippen LogP contribution in [-0.4, -0.2) is 21.8 Å². The minimum atomic E-state index is -0.757. The van der Waals surface area contributed by atoms with Crippen LogP contribution in [0.2, 0.25) is 5.02 Å². The summed E-state index contributed by atoms with van der Waals surface area (Å²) in [5.74, 6) is 0.750. The van der Waals surface area contributed by atoms with Gasteiger partial charge in [0, 0.05) is 22.7 Å². The third-order valence-corrected chi connectivity index (χ3v) is 3.51. The van der Waals surface area contributed by atoms with Crippen molar-refractivity contribution in [2.75, 3.05) is 11.9 Å². The molecule has 1 unspecified atom stereocenters. The van der Waals surface area contributed by atoms with Gasteiger partial charge in [0.25, 0.3) is 11.8 Å². The molecule has 0 saturated carbocycles. The van der Waals surface area contributed by atoms with Gasteiger partial charge in [-0.3, -0.25) is 0 Å². The van der Waals surface area contributed by atoms with Crippen LogP contribution in [0.5, 0.6) is 0 Å². The highest BCUT2D eigenvalue weighted by Gasteiger charge is 2.13. The number of rotatable bonds is 5. The molecule has 5 nitrogen and oxygen atoms in total. The first-order valence-electron chi connectivity index (χ1n) is 6.79. The molecule has 0 fully saturated rings. The number of hydrogen-bond acceptors (Lipinski definition) is 5. The lowest BCUT2D eigenvalue weighted by atomic mass is 10.1. The van der Waals surface area contributed by atoms with Crippen LogP contribution in [0, 0.1) is 0 Å². The number of aliphatic hydroxyl groups is 1. The number of halogens is 1. The van der Waals surface area contributed by atoms with Gasteiger partial charge in [0.2, 0.25) is 0 Å². The molecule has 1 atom stereocenters. The summed E-state index contributed by atoms with van der Waals surface area (Å²) in [6.45, 7) is 0.234. The molecule has 3 aromatic rings. The van der Waals surface area contributed by atoms with Crippen molar-refractivity contribution in [2.24, 2.45) is 0 Å². The van der Waals surface area contributed by atoms with Crippen LogP contribution < -0.4 is 5.32 Å². The molecule has 0 bridgehead atoms. The topological polar surface area (TPSA) is 71.2 Å². The highest BCUT2D eigenvalue weighted by Crippen LogP contribution is 2.23. The van der Waals surface area contributed by atoms with Crippen LogP contribution in [0.15, 0.2) is 59.1 Å². The second-order valence-corrected chi connectivity index (χ2v) is 5.11. The molecule has 112 valence electrons. The van der Waals surface area contributed by atoms with Gasteiger partial charge < -0.3 is 14.9 Å². The van der Waals surface area contributed by atoms with Crippen molar-refractivity contribution in [2.45, 2.75) is 6.10 Å². The van der Waals surface area contributed by atoms with Gasteiger partial charge in [-0.15, -0.1) is 0 Å². The van der Waals surface area contributed by atoms with Crippen molar-refractivity contribution in [1.82, 2.24) is 10.1 Å². The minimum Gasteiger partial charge on any atom is -0.387 e. The second-order valence-electron chi connectivity index (χ2n) is 4.71. The maximum absolute atomic E-state index is 10.2. The van der Waals surface area contributed by atoms with Gasteiger partial charge in [-0.2, -0.15) is 4.98 Å². The molecule has 0 aliphatic heterocycles. The average Bonchev–Trinajstić information content (AvgIpc) is 3.03. The van der Waals surface area contributed by atoms with Gasteiger partial charge in [-0.25, -0.2) is 0 Å². The zero-order chi connectivity index (χ0) is 15.4. The van der Waals surface area contributed by atoms with Gasteiger partial charge in [0.05, 0.1) is 6.10 Å². The Kier molecular flexibility index (Phi) is 4.37. The third kappa shape index (κ3) is 3.27. The van der Waals surface area contributed by atoms with E-state index in [4.69, 9.17) is 16.1 Å². The Morgan fingerprint density at radius 3 is 2.59 bits per heavy atom. The van der Waals surface area contributed by atoms with Crippen molar-refractivity contribution in [3.63, 3.8) is 0 Å². The highest BCUT2D eigenvalue weighted by atomic mass is 35.5. The molecule has 0 saturated heterocycles. The molecule has 22 heavy (non-hydrogen) atoms. The summed E-state index contributed by atoms with van der Waals surface area (Å²) in [6, 6.07) is 16.6. The van der Waals surface area contributed by atoms with Crippen molar-refractivity contribution >= 4 is 17.5 Å². The third-order valence-electron chi connectivity index (χ3n) is 3.16. The van der Waals surface area contributed by atoms with E-state index in [2.05, 4.69) is 15.5 Å². The molecule has 0 radical (unpaired) electrons. The Bertz CT molecular complexity index is 746. The monoisotopic (exact) mass is 315 g/mol. The fourth-order valence-corrected chi connectivity index (χ4v) is 2.30. The van der Waals surface area contributed by atoms with Gasteiger partial charge in [0.15, 0.2) is 0 Å². The first-order valence-corrected chi connectivity index (χ1v) is 7.17. The first kappa shape index (κ1) is 14.6. The molecular weight excluding hydrogens is 302 g/mol. The molecule has 0 aliphatic rings. The lowest BCUT2D eigenvalue weighted by Gasteiger charge is -2.12. The minimum absolute atomic E-state index is 0.234. The van der Waals surface area contributed by atoms with E-state index in [0.29, 0.717) is 22.4 Å². The number of aliphatic hydroxyl groups excluding tert-OH is 1. The Balaban J connectivity index is 1.65. The van der Waals surface area contributed by atoms with Gasteiger partial charge in [-0.05, 0) is 23.4 Å². The Hall–Kier alpha value is -2.37. The van der Waals surface area contributed by atoms with Crippen LogP contribution in [0.25, 0.3) is 11.5 Å². The van der Waals surface area contributed by atoms with E-state index in [1.54, 1.807) is 12.1 Å². The number of anilines is 1. The van der Waals surface area contributed by atoms with Crippen LogP contribution >= 0.6 is 11.6 Å². The van der Waals surface area contributed by atoms with Crippen molar-refractivity contribution in [3.8, 4) is 11.5 Å². The lowest BCUT2D eigenvalue weighted by molar-refractivity contribution is 0.191. The Morgan fingerprint density at radius 2 is 1.82 bits per heavy atom. The zero-order valence-corrected chi connectivity index (χ0v) is 12.4. The Morgan fingerprint density at radius 1 is 1.09 bits per heavy atom. The molecular formula is C16H14ClN3O2. The van der Waals surface area contributed by atoms with Gasteiger partial charge in [-0.1, -0.05) is 48.0 Å². The molecule has 0 spiro atoms. The largest absolute Gasteiger partial charge is 0.387 e. The number of nitrogens with zero attached hydrogens (tertiary/aromatic N) is 2. The van der Waals surface area contributed by atoms with E-state index in [-0.39, 0.29) is 6.54 Å². The predicted molar refractivity (Wildman–Crippen MR) is 84.6 cm³/mol. The molecule has 2 aromatic carbocycles. The van der Waals surface area contributed by atoms with Crippen molar-refractivity contribution in [3.05, 3.63) is 65.2 Å². The van der Waals surface area contributed by atoms with Crippen LogP contribution in [-0.2, 0) is 0 Å². The molecule has 1 heterocycles.